The van der Waals surface area contributed by atoms with Crippen LogP contribution >= 0.6 is 0 Å². The van der Waals surface area contributed by atoms with Crippen LogP contribution in [0.5, 0.6) is 0 Å². The zero-order chi connectivity index (χ0) is 15.8. The van der Waals surface area contributed by atoms with E-state index in [9.17, 15) is 10.1 Å². The first-order valence-electron chi connectivity index (χ1n) is 7.60. The van der Waals surface area contributed by atoms with E-state index >= 15 is 0 Å². The second-order valence-electron chi connectivity index (χ2n) is 5.86. The van der Waals surface area contributed by atoms with Gasteiger partial charge in [-0.05, 0) is 23.6 Å². The van der Waals surface area contributed by atoms with Gasteiger partial charge >= 0.3 is 0 Å². The summed E-state index contributed by atoms with van der Waals surface area (Å²) in [5, 5.41) is 16.1. The van der Waals surface area contributed by atoms with Crippen molar-refractivity contribution in [1.82, 2.24) is 14.7 Å². The monoisotopic (exact) mass is 308 g/mol. The molecule has 116 valence electrons. The van der Waals surface area contributed by atoms with E-state index in [2.05, 4.69) is 34.3 Å². The van der Waals surface area contributed by atoms with Crippen LogP contribution in [0.4, 0.5) is 5.69 Å². The molecule has 0 bridgehead atoms. The smallest absolute Gasteiger partial charge is 0.270 e. The molecule has 3 aromatic rings. The van der Waals surface area contributed by atoms with E-state index in [0.29, 0.717) is 6.67 Å². The summed E-state index contributed by atoms with van der Waals surface area (Å²) >= 11 is 0. The van der Waals surface area contributed by atoms with Gasteiger partial charge in [-0.25, -0.2) is 0 Å². The number of nitrogens with zero attached hydrogens (tertiary/aromatic N) is 4. The molecule has 0 fully saturated rings. The molecule has 4 rings (SSSR count). The van der Waals surface area contributed by atoms with Crippen LogP contribution < -0.4 is 0 Å². The second-order valence-corrected chi connectivity index (χ2v) is 5.86. The first kappa shape index (κ1) is 13.9. The first-order chi connectivity index (χ1) is 11.2. The minimum Gasteiger partial charge on any atom is -0.280 e. The van der Waals surface area contributed by atoms with E-state index < -0.39 is 0 Å². The highest BCUT2D eigenvalue weighted by atomic mass is 16.6. The molecule has 1 aliphatic rings. The van der Waals surface area contributed by atoms with Gasteiger partial charge in [-0.2, -0.15) is 5.10 Å². The summed E-state index contributed by atoms with van der Waals surface area (Å²) in [6, 6.07) is 13.4. The minimum absolute atomic E-state index is 0.101. The number of nitro groups is 1. The quantitative estimate of drug-likeness (QED) is 0.551. The van der Waals surface area contributed by atoms with E-state index in [4.69, 9.17) is 0 Å². The Morgan fingerprint density at radius 1 is 1.17 bits per heavy atom. The van der Waals surface area contributed by atoms with Gasteiger partial charge in [0, 0.05) is 30.6 Å². The number of fused-ring (bicyclic) bond motifs is 2. The van der Waals surface area contributed by atoms with Crippen LogP contribution in [0.2, 0.25) is 0 Å². The summed E-state index contributed by atoms with van der Waals surface area (Å²) in [7, 11) is 0. The minimum atomic E-state index is -0.377. The first-order valence-corrected chi connectivity index (χ1v) is 7.60. The number of aromatic nitrogens is 2. The fraction of sp³-hybridized carbons (Fsp3) is 0.235. The van der Waals surface area contributed by atoms with E-state index in [1.807, 2.05) is 4.68 Å². The van der Waals surface area contributed by atoms with Gasteiger partial charge in [-0.1, -0.05) is 24.3 Å². The number of rotatable bonds is 3. The fourth-order valence-corrected chi connectivity index (χ4v) is 3.17. The van der Waals surface area contributed by atoms with Crippen molar-refractivity contribution in [3.8, 4) is 0 Å². The molecule has 0 unspecified atom stereocenters. The van der Waals surface area contributed by atoms with E-state index in [1.165, 1.54) is 17.2 Å². The van der Waals surface area contributed by atoms with Crippen LogP contribution in [-0.2, 0) is 19.6 Å². The largest absolute Gasteiger partial charge is 0.280 e. The topological polar surface area (TPSA) is 64.2 Å². The van der Waals surface area contributed by atoms with Gasteiger partial charge in [-0.15, -0.1) is 0 Å². The van der Waals surface area contributed by atoms with Gasteiger partial charge in [-0.3, -0.25) is 19.7 Å². The van der Waals surface area contributed by atoms with Crippen LogP contribution in [0.15, 0.2) is 48.7 Å². The average Bonchev–Trinajstić information content (AvgIpc) is 2.97. The Balaban J connectivity index is 1.58. The van der Waals surface area contributed by atoms with E-state index in [-0.39, 0.29) is 10.6 Å². The van der Waals surface area contributed by atoms with Crippen LogP contribution in [0.3, 0.4) is 0 Å². The van der Waals surface area contributed by atoms with E-state index in [1.54, 1.807) is 18.3 Å². The normalized spacial score (nSPS) is 14.8. The van der Waals surface area contributed by atoms with Crippen molar-refractivity contribution in [2.24, 2.45) is 0 Å². The van der Waals surface area contributed by atoms with Crippen LogP contribution in [0.1, 0.15) is 11.1 Å². The van der Waals surface area contributed by atoms with Crippen LogP contribution in [-0.4, -0.2) is 26.1 Å². The Morgan fingerprint density at radius 2 is 2.00 bits per heavy atom. The zero-order valence-corrected chi connectivity index (χ0v) is 12.6. The number of nitro benzene ring substituents is 1. The van der Waals surface area contributed by atoms with Crippen molar-refractivity contribution in [1.29, 1.82) is 0 Å². The van der Waals surface area contributed by atoms with Gasteiger partial charge in [0.15, 0.2) is 0 Å². The lowest BCUT2D eigenvalue weighted by molar-refractivity contribution is -0.384. The van der Waals surface area contributed by atoms with Gasteiger partial charge in [0.1, 0.15) is 0 Å². The maximum absolute atomic E-state index is 10.9. The molecule has 0 atom stereocenters. The van der Waals surface area contributed by atoms with Crippen molar-refractivity contribution < 1.29 is 4.92 Å². The third-order valence-corrected chi connectivity index (χ3v) is 4.38. The predicted octanol–water partition coefficient (Wildman–Crippen LogP) is 2.96. The van der Waals surface area contributed by atoms with Gasteiger partial charge < -0.3 is 0 Å². The molecule has 6 nitrogen and oxygen atoms in total. The van der Waals surface area contributed by atoms with Crippen LogP contribution in [0, 0.1) is 10.1 Å². The number of hydrogen-bond donors (Lipinski definition) is 0. The molecule has 0 spiro atoms. The summed E-state index contributed by atoms with van der Waals surface area (Å²) in [5.74, 6) is 0. The van der Waals surface area contributed by atoms with Crippen molar-refractivity contribution in [3.63, 3.8) is 0 Å². The molecule has 1 aliphatic heterocycles. The molecule has 2 aromatic carbocycles. The average molecular weight is 308 g/mol. The predicted molar refractivity (Wildman–Crippen MR) is 86.9 cm³/mol. The highest BCUT2D eigenvalue weighted by Crippen LogP contribution is 2.23. The lowest BCUT2D eigenvalue weighted by atomic mass is 10.0. The molecule has 2 heterocycles. The molecular formula is C17H16N4O2. The Labute approximate surface area is 133 Å². The number of non-ortho nitro benzene ring substituents is 1. The Kier molecular flexibility index (Phi) is 3.31. The van der Waals surface area contributed by atoms with Crippen molar-refractivity contribution in [2.75, 3.05) is 6.54 Å². The fourth-order valence-electron chi connectivity index (χ4n) is 3.17. The summed E-state index contributed by atoms with van der Waals surface area (Å²) in [6.45, 7) is 2.59. The second kappa shape index (κ2) is 5.48. The maximum Gasteiger partial charge on any atom is 0.270 e. The molecule has 0 saturated carbocycles. The summed E-state index contributed by atoms with van der Waals surface area (Å²) in [4.78, 5) is 12.8. The summed E-state index contributed by atoms with van der Waals surface area (Å²) in [6.07, 6.45) is 2.74. The SMILES string of the molecule is O=[N+]([O-])c1ccc2c(cnn2CN2CCc3ccccc3C2)c1. The number of benzene rings is 2. The lowest BCUT2D eigenvalue weighted by Gasteiger charge is -2.28. The Hall–Kier alpha value is -2.73. The molecule has 0 saturated heterocycles. The molecule has 1 aromatic heterocycles. The van der Waals surface area contributed by atoms with Gasteiger partial charge in [0.05, 0.1) is 23.3 Å². The van der Waals surface area contributed by atoms with Crippen LogP contribution in [0.25, 0.3) is 10.9 Å². The molecule has 0 aliphatic carbocycles. The summed E-state index contributed by atoms with van der Waals surface area (Å²) < 4.78 is 1.91. The third kappa shape index (κ3) is 2.57. The van der Waals surface area contributed by atoms with Crippen molar-refractivity contribution in [2.45, 2.75) is 19.6 Å². The van der Waals surface area contributed by atoms with Crippen molar-refractivity contribution >= 4 is 16.6 Å². The molecule has 6 heteroatoms. The Bertz CT molecular complexity index is 887. The molecule has 0 amide bonds. The zero-order valence-electron chi connectivity index (χ0n) is 12.6. The molecule has 23 heavy (non-hydrogen) atoms. The lowest BCUT2D eigenvalue weighted by Crippen LogP contribution is -2.32. The molecule has 0 N–H and O–H groups in total. The maximum atomic E-state index is 10.9. The van der Waals surface area contributed by atoms with Gasteiger partial charge in [0.2, 0.25) is 0 Å². The Morgan fingerprint density at radius 3 is 2.83 bits per heavy atom. The summed E-state index contributed by atoms with van der Waals surface area (Å²) in [5.41, 5.74) is 3.81. The standard InChI is InChI=1S/C17H16N4O2/c22-21(23)16-5-6-17-15(9-16)10-18-20(17)12-19-8-7-13-3-1-2-4-14(13)11-19/h1-6,9-10H,7-8,11-12H2. The highest BCUT2D eigenvalue weighted by Gasteiger charge is 2.17. The number of hydrogen-bond acceptors (Lipinski definition) is 4. The van der Waals surface area contributed by atoms with E-state index in [0.717, 1.165) is 30.4 Å². The molecular weight excluding hydrogens is 292 g/mol. The van der Waals surface area contributed by atoms with Gasteiger partial charge in [0.25, 0.3) is 5.69 Å². The highest BCUT2D eigenvalue weighted by molar-refractivity contribution is 5.81. The van der Waals surface area contributed by atoms with Crippen molar-refractivity contribution in [3.05, 3.63) is 69.9 Å². The third-order valence-electron chi connectivity index (χ3n) is 4.38. The molecule has 0 radical (unpaired) electrons.